The molecule has 1 heterocycles. The SMILES string of the molecule is Cc1c2c(cc3c1C(C)(C)C(C)(C)C(C)O3)CCC2. The van der Waals surface area contributed by atoms with Crippen molar-refractivity contribution in [3.8, 4) is 5.75 Å². The van der Waals surface area contributed by atoms with Crippen molar-refractivity contribution < 1.29 is 4.74 Å². The first kappa shape index (κ1) is 13.0. The maximum atomic E-state index is 6.29. The van der Waals surface area contributed by atoms with Crippen LogP contribution in [0, 0.1) is 12.3 Å². The van der Waals surface area contributed by atoms with Gasteiger partial charge in [0.25, 0.3) is 0 Å². The van der Waals surface area contributed by atoms with Crippen LogP contribution in [-0.4, -0.2) is 6.10 Å². The lowest BCUT2D eigenvalue weighted by Crippen LogP contribution is -2.50. The Kier molecular flexibility index (Phi) is 2.59. The van der Waals surface area contributed by atoms with Crippen LogP contribution in [0.25, 0.3) is 0 Å². The molecule has 0 saturated carbocycles. The minimum Gasteiger partial charge on any atom is -0.490 e. The Bertz CT molecular complexity index is 537. The fraction of sp³-hybridized carbons (Fsp3) is 0.667. The molecule has 0 fully saturated rings. The molecule has 2 aliphatic rings. The van der Waals surface area contributed by atoms with Gasteiger partial charge in [0.15, 0.2) is 0 Å². The molecule has 0 bridgehead atoms. The van der Waals surface area contributed by atoms with E-state index < -0.39 is 0 Å². The van der Waals surface area contributed by atoms with Crippen LogP contribution >= 0.6 is 0 Å². The molecule has 1 atom stereocenters. The zero-order valence-corrected chi connectivity index (χ0v) is 13.2. The van der Waals surface area contributed by atoms with E-state index in [4.69, 9.17) is 4.74 Å². The highest BCUT2D eigenvalue weighted by molar-refractivity contribution is 5.55. The second-order valence-corrected chi connectivity index (χ2v) is 7.47. The first-order chi connectivity index (χ1) is 8.76. The zero-order chi connectivity index (χ0) is 14.0. The van der Waals surface area contributed by atoms with Gasteiger partial charge in [0, 0.05) is 16.4 Å². The standard InChI is InChI=1S/C18H26O/c1-11-14-9-7-8-13(14)10-15-16(11)18(5,6)17(3,4)12(2)19-15/h10,12H,7-9H2,1-6H3. The van der Waals surface area contributed by atoms with Crippen molar-refractivity contribution in [2.24, 2.45) is 5.41 Å². The van der Waals surface area contributed by atoms with E-state index in [9.17, 15) is 0 Å². The molecule has 1 unspecified atom stereocenters. The Morgan fingerprint density at radius 3 is 2.53 bits per heavy atom. The first-order valence-electron chi connectivity index (χ1n) is 7.59. The van der Waals surface area contributed by atoms with Gasteiger partial charge in [0.1, 0.15) is 11.9 Å². The molecule has 3 rings (SSSR count). The van der Waals surface area contributed by atoms with Crippen molar-refractivity contribution in [1.29, 1.82) is 0 Å². The molecule has 1 heteroatoms. The Labute approximate surface area is 117 Å². The van der Waals surface area contributed by atoms with E-state index in [0.29, 0.717) is 0 Å². The average molecular weight is 258 g/mol. The van der Waals surface area contributed by atoms with E-state index in [1.165, 1.54) is 36.0 Å². The van der Waals surface area contributed by atoms with E-state index in [-0.39, 0.29) is 16.9 Å². The second-order valence-electron chi connectivity index (χ2n) is 7.47. The largest absolute Gasteiger partial charge is 0.490 e. The van der Waals surface area contributed by atoms with E-state index in [1.54, 1.807) is 5.56 Å². The minimum absolute atomic E-state index is 0.150. The molecule has 1 aromatic carbocycles. The van der Waals surface area contributed by atoms with Gasteiger partial charge in [-0.3, -0.25) is 0 Å². The van der Waals surface area contributed by atoms with Crippen LogP contribution in [0.1, 0.15) is 63.3 Å². The molecule has 0 spiro atoms. The smallest absolute Gasteiger partial charge is 0.124 e. The zero-order valence-electron chi connectivity index (χ0n) is 13.2. The van der Waals surface area contributed by atoms with Crippen molar-refractivity contribution in [2.75, 3.05) is 0 Å². The number of rotatable bonds is 0. The van der Waals surface area contributed by atoms with Crippen LogP contribution in [0.3, 0.4) is 0 Å². The lowest BCUT2D eigenvalue weighted by Gasteiger charge is -2.51. The average Bonchev–Trinajstić information content (AvgIpc) is 2.75. The maximum absolute atomic E-state index is 6.29. The number of fused-ring (bicyclic) bond motifs is 2. The Balaban J connectivity index is 2.28. The van der Waals surface area contributed by atoms with Gasteiger partial charge in [0.2, 0.25) is 0 Å². The predicted octanol–water partition coefficient (Wildman–Crippen LogP) is 4.57. The molecule has 1 aromatic rings. The van der Waals surface area contributed by atoms with Crippen molar-refractivity contribution in [2.45, 2.75) is 72.3 Å². The van der Waals surface area contributed by atoms with E-state index in [2.05, 4.69) is 47.6 Å². The van der Waals surface area contributed by atoms with Gasteiger partial charge in [-0.05, 0) is 55.9 Å². The van der Waals surface area contributed by atoms with E-state index in [1.807, 2.05) is 0 Å². The van der Waals surface area contributed by atoms with Gasteiger partial charge < -0.3 is 4.74 Å². The molecule has 0 saturated heterocycles. The molecule has 1 aliphatic heterocycles. The Hall–Kier alpha value is -0.980. The minimum atomic E-state index is 0.150. The van der Waals surface area contributed by atoms with Crippen LogP contribution in [0.4, 0.5) is 0 Å². The summed E-state index contributed by atoms with van der Waals surface area (Å²) in [5, 5.41) is 0. The Morgan fingerprint density at radius 1 is 1.16 bits per heavy atom. The number of benzene rings is 1. The van der Waals surface area contributed by atoms with Crippen molar-refractivity contribution >= 4 is 0 Å². The third-order valence-corrected chi connectivity index (χ3v) is 6.20. The van der Waals surface area contributed by atoms with Crippen LogP contribution < -0.4 is 4.74 Å². The molecular formula is C18H26O. The molecule has 0 amide bonds. The van der Waals surface area contributed by atoms with Crippen LogP contribution in [0.5, 0.6) is 5.75 Å². The highest BCUT2D eigenvalue weighted by Gasteiger charge is 2.49. The van der Waals surface area contributed by atoms with Crippen molar-refractivity contribution in [1.82, 2.24) is 0 Å². The normalized spacial score (nSPS) is 26.5. The summed E-state index contributed by atoms with van der Waals surface area (Å²) in [4.78, 5) is 0. The molecule has 104 valence electrons. The Morgan fingerprint density at radius 2 is 1.84 bits per heavy atom. The summed E-state index contributed by atoms with van der Waals surface area (Å²) in [7, 11) is 0. The summed E-state index contributed by atoms with van der Waals surface area (Å²) in [5.74, 6) is 1.15. The topological polar surface area (TPSA) is 9.23 Å². The van der Waals surface area contributed by atoms with E-state index in [0.717, 1.165) is 5.75 Å². The summed E-state index contributed by atoms with van der Waals surface area (Å²) in [5.41, 5.74) is 6.38. The highest BCUT2D eigenvalue weighted by Crippen LogP contribution is 2.54. The monoisotopic (exact) mass is 258 g/mol. The van der Waals surface area contributed by atoms with Crippen LogP contribution in [-0.2, 0) is 18.3 Å². The molecule has 19 heavy (non-hydrogen) atoms. The number of aryl methyl sites for hydroxylation is 1. The van der Waals surface area contributed by atoms with Gasteiger partial charge in [0.05, 0.1) is 0 Å². The maximum Gasteiger partial charge on any atom is 0.124 e. The highest BCUT2D eigenvalue weighted by atomic mass is 16.5. The lowest BCUT2D eigenvalue weighted by atomic mass is 9.59. The van der Waals surface area contributed by atoms with Crippen molar-refractivity contribution in [3.63, 3.8) is 0 Å². The van der Waals surface area contributed by atoms with Gasteiger partial charge in [-0.2, -0.15) is 0 Å². The van der Waals surface area contributed by atoms with Crippen LogP contribution in [0.15, 0.2) is 6.07 Å². The number of hydrogen-bond acceptors (Lipinski definition) is 1. The summed E-state index contributed by atoms with van der Waals surface area (Å²) in [6.07, 6.45) is 4.04. The summed E-state index contributed by atoms with van der Waals surface area (Å²) in [6.45, 7) is 14.0. The first-order valence-corrected chi connectivity index (χ1v) is 7.59. The third kappa shape index (κ3) is 1.53. The fourth-order valence-corrected chi connectivity index (χ4v) is 3.96. The second kappa shape index (κ2) is 3.77. The molecule has 0 aromatic heterocycles. The third-order valence-electron chi connectivity index (χ3n) is 6.20. The summed E-state index contributed by atoms with van der Waals surface area (Å²) in [6, 6.07) is 2.33. The molecule has 0 N–H and O–H groups in total. The summed E-state index contributed by atoms with van der Waals surface area (Å²) >= 11 is 0. The molecule has 1 nitrogen and oxygen atoms in total. The van der Waals surface area contributed by atoms with Crippen molar-refractivity contribution in [3.05, 3.63) is 28.3 Å². The molecular weight excluding hydrogens is 232 g/mol. The van der Waals surface area contributed by atoms with E-state index >= 15 is 0 Å². The number of hydrogen-bond donors (Lipinski definition) is 0. The van der Waals surface area contributed by atoms with Gasteiger partial charge in [-0.25, -0.2) is 0 Å². The molecule has 1 aliphatic carbocycles. The van der Waals surface area contributed by atoms with Gasteiger partial charge in [-0.15, -0.1) is 0 Å². The van der Waals surface area contributed by atoms with Gasteiger partial charge in [-0.1, -0.05) is 27.7 Å². The quantitative estimate of drug-likeness (QED) is 0.662. The van der Waals surface area contributed by atoms with Crippen LogP contribution in [0.2, 0.25) is 0 Å². The lowest BCUT2D eigenvalue weighted by molar-refractivity contribution is 0.00508. The molecule has 0 radical (unpaired) electrons. The number of ether oxygens (including phenoxy) is 1. The van der Waals surface area contributed by atoms with Gasteiger partial charge >= 0.3 is 0 Å². The fourth-order valence-electron chi connectivity index (χ4n) is 3.96. The predicted molar refractivity (Wildman–Crippen MR) is 80.1 cm³/mol. The summed E-state index contributed by atoms with van der Waals surface area (Å²) < 4.78 is 6.29.